The van der Waals surface area contributed by atoms with Crippen LogP contribution < -0.4 is 10.1 Å². The summed E-state index contributed by atoms with van der Waals surface area (Å²) in [4.78, 5) is 21.0. The van der Waals surface area contributed by atoms with Gasteiger partial charge in [-0.15, -0.1) is 23.7 Å². The van der Waals surface area contributed by atoms with Gasteiger partial charge < -0.3 is 10.1 Å². The number of hydrogen-bond donors (Lipinski definition) is 1. The van der Waals surface area contributed by atoms with Crippen LogP contribution in [0.15, 0.2) is 54.6 Å². The van der Waals surface area contributed by atoms with Gasteiger partial charge in [0.2, 0.25) is 0 Å². The molecule has 2 aromatic carbocycles. The Bertz CT molecular complexity index is 1280. The van der Waals surface area contributed by atoms with Crippen LogP contribution in [0, 0.1) is 6.92 Å². The molecule has 1 aliphatic carbocycles. The lowest BCUT2D eigenvalue weighted by Crippen LogP contribution is -2.16. The summed E-state index contributed by atoms with van der Waals surface area (Å²) in [5, 5.41) is 4.22. The zero-order chi connectivity index (χ0) is 21.4. The molecule has 6 heteroatoms. The summed E-state index contributed by atoms with van der Waals surface area (Å²) < 4.78 is 5.43. The van der Waals surface area contributed by atoms with Crippen LogP contribution in [-0.4, -0.2) is 18.0 Å². The highest BCUT2D eigenvalue weighted by atomic mass is 35.5. The maximum Gasteiger partial charge on any atom is 0.258 e. The SMILES string of the molecule is COc1ccccc1NC(=O)c1c(C)nc2sc3c(c2c1-c1ccccc1)CCCC3.Cl. The van der Waals surface area contributed by atoms with Crippen LogP contribution in [0.4, 0.5) is 5.69 Å². The monoisotopic (exact) mass is 464 g/mol. The zero-order valence-electron chi connectivity index (χ0n) is 18.1. The number of nitrogens with one attached hydrogen (secondary N) is 1. The molecule has 0 saturated heterocycles. The highest BCUT2D eigenvalue weighted by Crippen LogP contribution is 2.43. The molecule has 1 N–H and O–H groups in total. The predicted molar refractivity (Wildman–Crippen MR) is 135 cm³/mol. The zero-order valence-corrected chi connectivity index (χ0v) is 19.7. The van der Waals surface area contributed by atoms with Gasteiger partial charge in [-0.2, -0.15) is 0 Å². The van der Waals surface area contributed by atoms with Crippen molar-refractivity contribution in [1.29, 1.82) is 0 Å². The van der Waals surface area contributed by atoms with E-state index in [1.807, 2.05) is 49.4 Å². The number of carbonyl (C=O) groups excluding carboxylic acids is 1. The van der Waals surface area contributed by atoms with Crippen molar-refractivity contribution in [2.45, 2.75) is 32.6 Å². The molecule has 0 atom stereocenters. The van der Waals surface area contributed by atoms with Crippen molar-refractivity contribution < 1.29 is 9.53 Å². The lowest BCUT2D eigenvalue weighted by molar-refractivity contribution is 0.102. The number of fused-ring (bicyclic) bond motifs is 3. The van der Waals surface area contributed by atoms with Crippen molar-refractivity contribution in [2.75, 3.05) is 12.4 Å². The summed E-state index contributed by atoms with van der Waals surface area (Å²) in [6.07, 6.45) is 4.56. The molecule has 164 valence electrons. The quantitative estimate of drug-likeness (QED) is 0.360. The van der Waals surface area contributed by atoms with Gasteiger partial charge in [0.25, 0.3) is 5.91 Å². The van der Waals surface area contributed by atoms with E-state index in [1.165, 1.54) is 23.3 Å². The Morgan fingerprint density at radius 2 is 1.75 bits per heavy atom. The van der Waals surface area contributed by atoms with Crippen LogP contribution in [0.25, 0.3) is 21.3 Å². The fourth-order valence-electron chi connectivity index (χ4n) is 4.51. The van der Waals surface area contributed by atoms with Gasteiger partial charge in [-0.25, -0.2) is 4.98 Å². The Kier molecular flexibility index (Phi) is 6.49. The molecular weight excluding hydrogens is 440 g/mol. The van der Waals surface area contributed by atoms with Crippen molar-refractivity contribution in [2.24, 2.45) is 0 Å². The number of carbonyl (C=O) groups is 1. The molecule has 32 heavy (non-hydrogen) atoms. The highest BCUT2D eigenvalue weighted by molar-refractivity contribution is 7.19. The third kappa shape index (κ3) is 3.87. The Morgan fingerprint density at radius 3 is 2.53 bits per heavy atom. The third-order valence-electron chi connectivity index (χ3n) is 5.93. The number of rotatable bonds is 4. The Hall–Kier alpha value is -2.89. The van der Waals surface area contributed by atoms with E-state index < -0.39 is 0 Å². The normalized spacial score (nSPS) is 12.7. The second kappa shape index (κ2) is 9.31. The van der Waals surface area contributed by atoms with Gasteiger partial charge in [0, 0.05) is 15.8 Å². The lowest BCUT2D eigenvalue weighted by atomic mass is 9.89. The fourth-order valence-corrected chi connectivity index (χ4v) is 5.82. The van der Waals surface area contributed by atoms with E-state index in [-0.39, 0.29) is 18.3 Å². The average molecular weight is 465 g/mol. The maximum atomic E-state index is 13.6. The third-order valence-corrected chi connectivity index (χ3v) is 7.11. The number of methoxy groups -OCH3 is 1. The summed E-state index contributed by atoms with van der Waals surface area (Å²) in [5.41, 5.74) is 5.46. The molecule has 0 fully saturated rings. The number of pyridine rings is 1. The minimum atomic E-state index is -0.161. The van der Waals surface area contributed by atoms with Gasteiger partial charge in [-0.05, 0) is 55.9 Å². The summed E-state index contributed by atoms with van der Waals surface area (Å²) in [6.45, 7) is 1.93. The Labute approximate surface area is 198 Å². The van der Waals surface area contributed by atoms with E-state index in [4.69, 9.17) is 9.72 Å². The van der Waals surface area contributed by atoms with E-state index in [9.17, 15) is 4.79 Å². The van der Waals surface area contributed by atoms with Gasteiger partial charge in [-0.3, -0.25) is 4.79 Å². The largest absolute Gasteiger partial charge is 0.495 e. The van der Waals surface area contributed by atoms with Gasteiger partial charge in [-0.1, -0.05) is 42.5 Å². The van der Waals surface area contributed by atoms with Gasteiger partial charge in [0.1, 0.15) is 10.6 Å². The first kappa shape index (κ1) is 22.3. The number of amides is 1. The maximum absolute atomic E-state index is 13.6. The van der Waals surface area contributed by atoms with Crippen molar-refractivity contribution in [3.63, 3.8) is 0 Å². The molecule has 0 unspecified atom stereocenters. The summed E-state index contributed by atoms with van der Waals surface area (Å²) in [5.74, 6) is 0.475. The van der Waals surface area contributed by atoms with Crippen LogP contribution in [0.2, 0.25) is 0 Å². The number of anilines is 1. The average Bonchev–Trinajstić information content (AvgIpc) is 3.16. The number of benzene rings is 2. The summed E-state index contributed by atoms with van der Waals surface area (Å²) >= 11 is 1.79. The minimum absolute atomic E-state index is 0. The molecule has 0 bridgehead atoms. The standard InChI is InChI=1S/C26H24N2O2S.ClH/c1-16-22(25(29)28-19-13-7-8-14-20(19)30-2)23(17-10-4-3-5-11-17)24-18-12-6-9-15-21(18)31-26(24)27-16;/h3-5,7-8,10-11,13-14H,6,9,12,15H2,1-2H3,(H,28,29);1H. The molecule has 1 amide bonds. The first-order valence-corrected chi connectivity index (χ1v) is 11.4. The number of hydrogen-bond acceptors (Lipinski definition) is 4. The summed E-state index contributed by atoms with van der Waals surface area (Å²) in [7, 11) is 1.61. The number of aromatic nitrogens is 1. The molecule has 0 saturated carbocycles. The molecule has 4 nitrogen and oxygen atoms in total. The van der Waals surface area contributed by atoms with Gasteiger partial charge in [0.15, 0.2) is 0 Å². The molecule has 5 rings (SSSR count). The molecule has 4 aromatic rings. The van der Waals surface area contributed by atoms with Crippen LogP contribution >= 0.6 is 23.7 Å². The molecule has 1 aliphatic rings. The van der Waals surface area contributed by atoms with E-state index >= 15 is 0 Å². The minimum Gasteiger partial charge on any atom is -0.495 e. The van der Waals surface area contributed by atoms with Crippen molar-refractivity contribution >= 4 is 45.6 Å². The second-order valence-corrected chi connectivity index (χ2v) is 8.94. The number of thiophene rings is 1. The molecule has 0 spiro atoms. The lowest BCUT2D eigenvalue weighted by Gasteiger charge is -2.17. The van der Waals surface area contributed by atoms with Gasteiger partial charge >= 0.3 is 0 Å². The van der Waals surface area contributed by atoms with Crippen LogP contribution in [0.5, 0.6) is 5.75 Å². The van der Waals surface area contributed by atoms with Crippen LogP contribution in [0.1, 0.15) is 39.3 Å². The van der Waals surface area contributed by atoms with E-state index in [2.05, 4.69) is 17.4 Å². The van der Waals surface area contributed by atoms with E-state index in [1.54, 1.807) is 18.4 Å². The van der Waals surface area contributed by atoms with E-state index in [0.29, 0.717) is 17.0 Å². The van der Waals surface area contributed by atoms with Crippen molar-refractivity contribution in [1.82, 2.24) is 4.98 Å². The summed E-state index contributed by atoms with van der Waals surface area (Å²) in [6, 6.07) is 17.7. The smallest absolute Gasteiger partial charge is 0.258 e. The first-order chi connectivity index (χ1) is 15.2. The molecule has 0 radical (unpaired) electrons. The van der Waals surface area contributed by atoms with Crippen molar-refractivity contribution in [3.05, 3.63) is 76.3 Å². The Morgan fingerprint density at radius 1 is 1.03 bits per heavy atom. The fraction of sp³-hybridized carbons (Fsp3) is 0.231. The first-order valence-electron chi connectivity index (χ1n) is 10.6. The van der Waals surface area contributed by atoms with Crippen LogP contribution in [-0.2, 0) is 12.8 Å². The van der Waals surface area contributed by atoms with Crippen molar-refractivity contribution in [3.8, 4) is 16.9 Å². The number of aryl methyl sites for hydroxylation is 3. The molecular formula is C26H25ClN2O2S. The highest BCUT2D eigenvalue weighted by Gasteiger charge is 2.26. The number of para-hydroxylation sites is 2. The molecule has 2 heterocycles. The predicted octanol–water partition coefficient (Wildman–Crippen LogP) is 6.83. The van der Waals surface area contributed by atoms with Crippen LogP contribution in [0.3, 0.4) is 0 Å². The topological polar surface area (TPSA) is 51.2 Å². The Balaban J connectivity index is 0.00000245. The molecule has 2 aromatic heterocycles. The number of ether oxygens (including phenoxy) is 1. The van der Waals surface area contributed by atoms with Gasteiger partial charge in [0.05, 0.1) is 24.1 Å². The molecule has 0 aliphatic heterocycles. The number of nitrogens with zero attached hydrogens (tertiary/aromatic N) is 1. The van der Waals surface area contributed by atoms with E-state index in [0.717, 1.165) is 39.9 Å². The number of halogens is 1. The second-order valence-electron chi connectivity index (χ2n) is 7.86.